The summed E-state index contributed by atoms with van der Waals surface area (Å²) in [5.41, 5.74) is -0.425. The van der Waals surface area contributed by atoms with Gasteiger partial charge in [-0.2, -0.15) is 13.2 Å². The van der Waals surface area contributed by atoms with Gasteiger partial charge in [-0.1, -0.05) is 12.8 Å². The molecule has 2 heterocycles. The van der Waals surface area contributed by atoms with Crippen LogP contribution in [0, 0.1) is 17.3 Å². The van der Waals surface area contributed by atoms with Crippen LogP contribution in [0.5, 0.6) is 0 Å². The van der Waals surface area contributed by atoms with E-state index in [2.05, 4.69) is 5.32 Å². The number of carbonyl (C=O) groups is 1. The van der Waals surface area contributed by atoms with Gasteiger partial charge in [-0.25, -0.2) is 0 Å². The Hall–Kier alpha value is -0.780. The van der Waals surface area contributed by atoms with Crippen LogP contribution in [-0.2, 0) is 4.79 Å². The van der Waals surface area contributed by atoms with E-state index in [0.717, 1.165) is 32.2 Å². The lowest BCUT2D eigenvalue weighted by molar-refractivity contribution is -0.190. The zero-order valence-corrected chi connectivity index (χ0v) is 12.2. The average Bonchev–Trinajstić information content (AvgIpc) is 2.90. The largest absolute Gasteiger partial charge is 0.393 e. The maximum absolute atomic E-state index is 12.9. The summed E-state index contributed by atoms with van der Waals surface area (Å²) in [6.07, 6.45) is 0.432. The fourth-order valence-corrected chi connectivity index (χ4v) is 4.41. The first-order valence-electron chi connectivity index (χ1n) is 8.00. The Kier molecular flexibility index (Phi) is 3.93. The molecular weight excluding hydrogens is 281 g/mol. The number of rotatable bonds is 1. The SMILES string of the molecule is O=C(N1CCCC(C(F)(F)F)C1)[C@@]12CCCC[C@H]1CNC2. The molecule has 1 unspecified atom stereocenters. The Morgan fingerprint density at radius 1 is 1.19 bits per heavy atom. The molecule has 0 radical (unpaired) electrons. The molecule has 3 atom stereocenters. The molecule has 3 aliphatic rings. The van der Waals surface area contributed by atoms with Gasteiger partial charge in [-0.05, 0) is 38.1 Å². The van der Waals surface area contributed by atoms with Crippen molar-refractivity contribution in [3.05, 3.63) is 0 Å². The summed E-state index contributed by atoms with van der Waals surface area (Å²) in [6, 6.07) is 0. The third kappa shape index (κ3) is 2.67. The number of hydrogen-bond donors (Lipinski definition) is 1. The van der Waals surface area contributed by atoms with E-state index in [1.165, 1.54) is 4.90 Å². The normalized spacial score (nSPS) is 37.4. The summed E-state index contributed by atoms with van der Waals surface area (Å²) in [5, 5.41) is 3.30. The van der Waals surface area contributed by atoms with Crippen LogP contribution in [0.1, 0.15) is 38.5 Å². The first-order chi connectivity index (χ1) is 9.93. The number of hydrogen-bond acceptors (Lipinski definition) is 2. The van der Waals surface area contributed by atoms with Gasteiger partial charge in [0, 0.05) is 19.6 Å². The van der Waals surface area contributed by atoms with Crippen molar-refractivity contribution >= 4 is 5.91 Å². The van der Waals surface area contributed by atoms with Crippen LogP contribution in [0.2, 0.25) is 0 Å². The van der Waals surface area contributed by atoms with Crippen molar-refractivity contribution in [2.75, 3.05) is 26.2 Å². The fraction of sp³-hybridized carbons (Fsp3) is 0.933. The minimum absolute atomic E-state index is 0.0221. The lowest BCUT2D eigenvalue weighted by Gasteiger charge is -2.43. The van der Waals surface area contributed by atoms with Gasteiger partial charge in [-0.3, -0.25) is 4.79 Å². The second-order valence-corrected chi connectivity index (χ2v) is 6.86. The molecule has 0 aromatic rings. The summed E-state index contributed by atoms with van der Waals surface area (Å²) >= 11 is 0. The number of fused-ring (bicyclic) bond motifs is 1. The maximum atomic E-state index is 12.9. The van der Waals surface area contributed by atoms with Crippen LogP contribution in [0.25, 0.3) is 0 Å². The van der Waals surface area contributed by atoms with Crippen molar-refractivity contribution in [2.24, 2.45) is 17.3 Å². The Morgan fingerprint density at radius 2 is 2.00 bits per heavy atom. The van der Waals surface area contributed by atoms with Gasteiger partial charge in [0.2, 0.25) is 5.91 Å². The first-order valence-corrected chi connectivity index (χ1v) is 8.00. The summed E-state index contributed by atoms with van der Waals surface area (Å²) in [6.45, 7) is 1.82. The Balaban J connectivity index is 1.75. The highest BCUT2D eigenvalue weighted by Crippen LogP contribution is 2.46. The molecule has 0 spiro atoms. The van der Waals surface area contributed by atoms with Crippen LogP contribution in [-0.4, -0.2) is 43.2 Å². The lowest BCUT2D eigenvalue weighted by atomic mass is 9.67. The van der Waals surface area contributed by atoms with Crippen molar-refractivity contribution in [1.82, 2.24) is 10.2 Å². The monoisotopic (exact) mass is 304 g/mol. The molecule has 0 aromatic carbocycles. The van der Waals surface area contributed by atoms with E-state index in [4.69, 9.17) is 0 Å². The standard InChI is InChI=1S/C15H23F3N2O/c16-15(17,18)12-5-3-7-20(9-12)13(21)14-6-2-1-4-11(14)8-19-10-14/h11-12,19H,1-10H2/t11-,12?,14+/m0/s1. The molecule has 0 bridgehead atoms. The molecule has 0 aromatic heterocycles. The molecule has 1 N–H and O–H groups in total. The topological polar surface area (TPSA) is 32.3 Å². The van der Waals surface area contributed by atoms with E-state index in [0.29, 0.717) is 25.4 Å². The second-order valence-electron chi connectivity index (χ2n) is 6.86. The van der Waals surface area contributed by atoms with Gasteiger partial charge < -0.3 is 10.2 Å². The van der Waals surface area contributed by atoms with E-state index in [1.807, 2.05) is 0 Å². The number of alkyl halides is 3. The van der Waals surface area contributed by atoms with Crippen LogP contribution in [0.3, 0.4) is 0 Å². The summed E-state index contributed by atoms with van der Waals surface area (Å²) in [7, 11) is 0. The highest BCUT2D eigenvalue weighted by atomic mass is 19.4. The number of likely N-dealkylation sites (tertiary alicyclic amines) is 1. The van der Waals surface area contributed by atoms with Crippen LogP contribution in [0.15, 0.2) is 0 Å². The van der Waals surface area contributed by atoms with Crippen molar-refractivity contribution in [3.8, 4) is 0 Å². The van der Waals surface area contributed by atoms with Gasteiger partial charge in [0.05, 0.1) is 11.3 Å². The first kappa shape index (κ1) is 15.1. The van der Waals surface area contributed by atoms with Crippen molar-refractivity contribution in [1.29, 1.82) is 0 Å². The van der Waals surface area contributed by atoms with Gasteiger partial charge in [0.15, 0.2) is 0 Å². The molecule has 120 valence electrons. The Bertz CT molecular complexity index is 412. The quantitative estimate of drug-likeness (QED) is 0.807. The zero-order valence-electron chi connectivity index (χ0n) is 12.2. The van der Waals surface area contributed by atoms with Crippen LogP contribution < -0.4 is 5.32 Å². The minimum Gasteiger partial charge on any atom is -0.342 e. The molecule has 3 rings (SSSR count). The summed E-state index contributed by atoms with van der Waals surface area (Å²) < 4.78 is 38.8. The molecule has 2 aliphatic heterocycles. The highest BCUT2D eigenvalue weighted by molar-refractivity contribution is 5.84. The number of carbonyl (C=O) groups excluding carboxylic acids is 1. The molecule has 6 heteroatoms. The Morgan fingerprint density at radius 3 is 2.76 bits per heavy atom. The fourth-order valence-electron chi connectivity index (χ4n) is 4.41. The molecule has 1 aliphatic carbocycles. The molecule has 3 fully saturated rings. The van der Waals surface area contributed by atoms with E-state index in [9.17, 15) is 18.0 Å². The summed E-state index contributed by atoms with van der Waals surface area (Å²) in [5.74, 6) is -1.06. The van der Waals surface area contributed by atoms with Crippen molar-refractivity contribution < 1.29 is 18.0 Å². The minimum atomic E-state index is -4.18. The number of piperidine rings is 1. The Labute approximate surface area is 123 Å². The molecule has 21 heavy (non-hydrogen) atoms. The van der Waals surface area contributed by atoms with Crippen molar-refractivity contribution in [3.63, 3.8) is 0 Å². The smallest absolute Gasteiger partial charge is 0.342 e. The predicted octanol–water partition coefficient (Wildman–Crippen LogP) is 2.57. The number of nitrogens with zero attached hydrogens (tertiary/aromatic N) is 1. The van der Waals surface area contributed by atoms with Crippen LogP contribution in [0.4, 0.5) is 13.2 Å². The summed E-state index contributed by atoms with van der Waals surface area (Å²) in [4.78, 5) is 14.5. The van der Waals surface area contributed by atoms with E-state index >= 15 is 0 Å². The average molecular weight is 304 g/mol. The second kappa shape index (κ2) is 5.45. The lowest BCUT2D eigenvalue weighted by Crippen LogP contribution is -2.53. The third-order valence-corrected chi connectivity index (χ3v) is 5.64. The molecule has 1 amide bonds. The van der Waals surface area contributed by atoms with Gasteiger partial charge in [0.1, 0.15) is 0 Å². The van der Waals surface area contributed by atoms with Gasteiger partial charge >= 0.3 is 6.18 Å². The number of halogens is 3. The molecular formula is C15H23F3N2O. The van der Waals surface area contributed by atoms with E-state index < -0.39 is 17.5 Å². The third-order valence-electron chi connectivity index (χ3n) is 5.64. The molecule has 2 saturated heterocycles. The van der Waals surface area contributed by atoms with Gasteiger partial charge in [-0.15, -0.1) is 0 Å². The van der Waals surface area contributed by atoms with E-state index in [-0.39, 0.29) is 18.9 Å². The highest BCUT2D eigenvalue weighted by Gasteiger charge is 2.53. The van der Waals surface area contributed by atoms with Gasteiger partial charge in [0.25, 0.3) is 0 Å². The zero-order chi connectivity index (χ0) is 15.1. The number of amides is 1. The van der Waals surface area contributed by atoms with E-state index in [1.54, 1.807) is 0 Å². The number of nitrogens with one attached hydrogen (secondary N) is 1. The maximum Gasteiger partial charge on any atom is 0.393 e. The van der Waals surface area contributed by atoms with Crippen molar-refractivity contribution in [2.45, 2.75) is 44.7 Å². The molecule has 1 saturated carbocycles. The predicted molar refractivity (Wildman–Crippen MR) is 72.6 cm³/mol. The van der Waals surface area contributed by atoms with Crippen LogP contribution >= 0.6 is 0 Å². The molecule has 3 nitrogen and oxygen atoms in total.